The van der Waals surface area contributed by atoms with Gasteiger partial charge in [-0.15, -0.1) is 0 Å². The van der Waals surface area contributed by atoms with Gasteiger partial charge in [-0.2, -0.15) is 10.2 Å². The van der Waals surface area contributed by atoms with E-state index in [1.54, 1.807) is 18.6 Å². The molecule has 0 N–H and O–H groups in total. The van der Waals surface area contributed by atoms with E-state index in [4.69, 9.17) is 0 Å². The third-order valence-corrected chi connectivity index (χ3v) is 2.77. The van der Waals surface area contributed by atoms with Gasteiger partial charge >= 0.3 is 0 Å². The number of pyridine rings is 1. The van der Waals surface area contributed by atoms with Crippen molar-refractivity contribution in [2.24, 2.45) is 0 Å². The molecule has 0 spiro atoms. The third-order valence-electron chi connectivity index (χ3n) is 2.77. The summed E-state index contributed by atoms with van der Waals surface area (Å²) in [6, 6.07) is 12.2. The van der Waals surface area contributed by atoms with Gasteiger partial charge in [0, 0.05) is 29.6 Å². The highest BCUT2D eigenvalue weighted by Crippen LogP contribution is 2.17. The third kappa shape index (κ3) is 1.99. The highest BCUT2D eigenvalue weighted by Gasteiger charge is 2.03. The van der Waals surface area contributed by atoms with Gasteiger partial charge in [0.05, 0.1) is 11.9 Å². The first kappa shape index (κ1) is 9.90. The number of aromatic nitrogens is 3. The van der Waals surface area contributed by atoms with Gasteiger partial charge < -0.3 is 0 Å². The molecule has 0 saturated heterocycles. The molecule has 0 bridgehead atoms. The fraction of sp³-hybridized carbons (Fsp3) is 0.0714. The summed E-state index contributed by atoms with van der Waals surface area (Å²) in [5.41, 5.74) is 2.21. The second kappa shape index (κ2) is 4.29. The number of fused-ring (bicyclic) bond motifs is 1. The van der Waals surface area contributed by atoms with Crippen LogP contribution in [0.4, 0.5) is 0 Å². The summed E-state index contributed by atoms with van der Waals surface area (Å²) in [5, 5.41) is 10.6. The molecule has 0 fully saturated rings. The van der Waals surface area contributed by atoms with Crippen LogP contribution >= 0.6 is 0 Å². The topological polar surface area (TPSA) is 38.7 Å². The van der Waals surface area contributed by atoms with Gasteiger partial charge in [-0.3, -0.25) is 4.98 Å². The number of hydrogen-bond acceptors (Lipinski definition) is 3. The normalized spacial score (nSPS) is 10.6. The lowest BCUT2D eigenvalue weighted by Gasteiger charge is -2.04. The zero-order valence-electron chi connectivity index (χ0n) is 9.24. The van der Waals surface area contributed by atoms with Crippen molar-refractivity contribution in [3.05, 3.63) is 66.2 Å². The zero-order valence-corrected chi connectivity index (χ0v) is 9.24. The van der Waals surface area contributed by atoms with E-state index >= 15 is 0 Å². The van der Waals surface area contributed by atoms with Gasteiger partial charge in [0.15, 0.2) is 0 Å². The molecule has 0 aliphatic carbocycles. The van der Waals surface area contributed by atoms with E-state index in [2.05, 4.69) is 27.3 Å². The highest BCUT2D eigenvalue weighted by atomic mass is 15.1. The molecule has 17 heavy (non-hydrogen) atoms. The average molecular weight is 221 g/mol. The van der Waals surface area contributed by atoms with Crippen LogP contribution in [0.1, 0.15) is 11.3 Å². The van der Waals surface area contributed by atoms with Crippen molar-refractivity contribution in [2.45, 2.75) is 6.42 Å². The van der Waals surface area contributed by atoms with E-state index < -0.39 is 0 Å². The first-order valence-electron chi connectivity index (χ1n) is 5.52. The molecule has 0 saturated carbocycles. The molecular formula is C14H11N3. The van der Waals surface area contributed by atoms with E-state index in [0.29, 0.717) is 0 Å². The van der Waals surface area contributed by atoms with Crippen LogP contribution in [-0.4, -0.2) is 15.2 Å². The molecule has 2 aromatic heterocycles. The van der Waals surface area contributed by atoms with E-state index in [1.165, 1.54) is 10.9 Å². The Morgan fingerprint density at radius 3 is 2.65 bits per heavy atom. The smallest absolute Gasteiger partial charge is 0.0753 e. The molecule has 0 aliphatic rings. The summed E-state index contributed by atoms with van der Waals surface area (Å²) in [6.45, 7) is 0. The molecule has 3 heteroatoms. The number of hydrogen-bond donors (Lipinski definition) is 0. The predicted molar refractivity (Wildman–Crippen MR) is 66.6 cm³/mol. The molecule has 3 rings (SSSR count). The van der Waals surface area contributed by atoms with Crippen molar-refractivity contribution in [3.63, 3.8) is 0 Å². The van der Waals surface area contributed by atoms with Crippen LogP contribution in [0.5, 0.6) is 0 Å². The van der Waals surface area contributed by atoms with Crippen LogP contribution in [0.25, 0.3) is 10.8 Å². The van der Waals surface area contributed by atoms with Gasteiger partial charge in [-0.25, -0.2) is 0 Å². The van der Waals surface area contributed by atoms with Crippen molar-refractivity contribution in [2.75, 3.05) is 0 Å². The summed E-state index contributed by atoms with van der Waals surface area (Å²) in [4.78, 5) is 4.01. The summed E-state index contributed by atoms with van der Waals surface area (Å²) in [7, 11) is 0. The Bertz CT molecular complexity index is 630. The van der Waals surface area contributed by atoms with Gasteiger partial charge in [0.25, 0.3) is 0 Å². The number of nitrogens with zero attached hydrogens (tertiary/aromatic N) is 3. The Balaban J connectivity index is 2.06. The Morgan fingerprint density at radius 2 is 1.76 bits per heavy atom. The Hall–Kier alpha value is -2.29. The summed E-state index contributed by atoms with van der Waals surface area (Å²) in [6.07, 6.45) is 6.18. The fourth-order valence-electron chi connectivity index (χ4n) is 1.91. The molecule has 0 unspecified atom stereocenters. The molecule has 3 nitrogen and oxygen atoms in total. The van der Waals surface area contributed by atoms with Crippen LogP contribution in [0.2, 0.25) is 0 Å². The molecule has 0 amide bonds. The van der Waals surface area contributed by atoms with Crippen LogP contribution in [-0.2, 0) is 6.42 Å². The average Bonchev–Trinajstić information content (AvgIpc) is 2.40. The second-order valence-electron chi connectivity index (χ2n) is 3.91. The summed E-state index contributed by atoms with van der Waals surface area (Å²) < 4.78 is 0. The molecule has 0 aliphatic heterocycles. The minimum absolute atomic E-state index is 0.789. The van der Waals surface area contributed by atoms with Crippen molar-refractivity contribution in [1.82, 2.24) is 15.2 Å². The lowest BCUT2D eigenvalue weighted by molar-refractivity contribution is 0.956. The molecule has 1 aromatic carbocycles. The van der Waals surface area contributed by atoms with E-state index in [9.17, 15) is 0 Å². The molecule has 82 valence electrons. The Morgan fingerprint density at radius 1 is 0.941 bits per heavy atom. The van der Waals surface area contributed by atoms with Gasteiger partial charge in [-0.05, 0) is 17.7 Å². The highest BCUT2D eigenvalue weighted by molar-refractivity contribution is 5.83. The summed E-state index contributed by atoms with van der Waals surface area (Å²) in [5.74, 6) is 0. The largest absolute Gasteiger partial charge is 0.265 e. The minimum Gasteiger partial charge on any atom is -0.265 e. The van der Waals surface area contributed by atoms with Crippen LogP contribution in [0.15, 0.2) is 55.0 Å². The zero-order chi connectivity index (χ0) is 11.5. The molecule has 0 radical (unpaired) electrons. The van der Waals surface area contributed by atoms with Crippen LogP contribution < -0.4 is 0 Å². The monoisotopic (exact) mass is 221 g/mol. The lowest BCUT2D eigenvalue weighted by atomic mass is 10.1. The second-order valence-corrected chi connectivity index (χ2v) is 3.91. The maximum Gasteiger partial charge on any atom is 0.0753 e. The molecule has 0 atom stereocenters. The first-order chi connectivity index (χ1) is 8.43. The Labute approximate surface area is 99.2 Å². The summed E-state index contributed by atoms with van der Waals surface area (Å²) >= 11 is 0. The van der Waals surface area contributed by atoms with Crippen molar-refractivity contribution in [3.8, 4) is 0 Å². The van der Waals surface area contributed by atoms with E-state index in [0.717, 1.165) is 17.5 Å². The number of rotatable bonds is 2. The van der Waals surface area contributed by atoms with Crippen LogP contribution in [0, 0.1) is 0 Å². The van der Waals surface area contributed by atoms with Gasteiger partial charge in [0.2, 0.25) is 0 Å². The maximum atomic E-state index is 4.23. The van der Waals surface area contributed by atoms with Gasteiger partial charge in [-0.1, -0.05) is 24.3 Å². The standard InChI is InChI=1S/C14H11N3/c1-2-4-13-12(3-1)10-16-17-14(13)9-11-5-7-15-8-6-11/h1-8,10H,9H2. The lowest BCUT2D eigenvalue weighted by Crippen LogP contribution is -1.96. The van der Waals surface area contributed by atoms with Crippen molar-refractivity contribution in [1.29, 1.82) is 0 Å². The molecule has 2 heterocycles. The quantitative estimate of drug-likeness (QED) is 0.667. The van der Waals surface area contributed by atoms with E-state index in [-0.39, 0.29) is 0 Å². The maximum absolute atomic E-state index is 4.23. The predicted octanol–water partition coefficient (Wildman–Crippen LogP) is 2.62. The number of benzene rings is 1. The minimum atomic E-state index is 0.789. The first-order valence-corrected chi connectivity index (χ1v) is 5.52. The molecule has 3 aromatic rings. The van der Waals surface area contributed by atoms with Crippen LogP contribution in [0.3, 0.4) is 0 Å². The van der Waals surface area contributed by atoms with Crippen molar-refractivity contribution < 1.29 is 0 Å². The Kier molecular flexibility index (Phi) is 2.50. The fourth-order valence-corrected chi connectivity index (χ4v) is 1.91. The van der Waals surface area contributed by atoms with Crippen molar-refractivity contribution >= 4 is 10.8 Å². The van der Waals surface area contributed by atoms with E-state index in [1.807, 2.05) is 24.3 Å². The SMILES string of the molecule is c1ccc2c(Cc3ccncc3)nncc2c1. The van der Waals surface area contributed by atoms with Gasteiger partial charge in [0.1, 0.15) is 0 Å². The molecular weight excluding hydrogens is 210 g/mol.